The van der Waals surface area contributed by atoms with E-state index in [0.29, 0.717) is 24.3 Å². The standard InChI is InChI=1S/C14H21NO3/c1-10(2)9-13(16)8-7-12-5-4-6-14(11(12)3)15(17)18/h4-6,10,13,16H,7-9H2,1-3H3. The van der Waals surface area contributed by atoms with E-state index in [1.165, 1.54) is 6.07 Å². The number of nitro groups is 1. The number of benzene rings is 1. The van der Waals surface area contributed by atoms with E-state index < -0.39 is 0 Å². The summed E-state index contributed by atoms with van der Waals surface area (Å²) in [5, 5.41) is 20.6. The van der Waals surface area contributed by atoms with Crippen molar-refractivity contribution >= 4 is 5.69 Å². The zero-order valence-corrected chi connectivity index (χ0v) is 11.2. The van der Waals surface area contributed by atoms with Gasteiger partial charge in [0.05, 0.1) is 11.0 Å². The van der Waals surface area contributed by atoms with Crippen LogP contribution in [0, 0.1) is 23.0 Å². The SMILES string of the molecule is Cc1c(CCC(O)CC(C)C)cccc1[N+](=O)[O-]. The second kappa shape index (κ2) is 6.50. The summed E-state index contributed by atoms with van der Waals surface area (Å²) in [6, 6.07) is 5.11. The second-order valence-corrected chi connectivity index (χ2v) is 5.14. The number of nitrogens with zero attached hydrogens (tertiary/aromatic N) is 1. The van der Waals surface area contributed by atoms with Crippen molar-refractivity contribution in [2.45, 2.75) is 46.1 Å². The van der Waals surface area contributed by atoms with Crippen molar-refractivity contribution in [1.29, 1.82) is 0 Å². The largest absolute Gasteiger partial charge is 0.393 e. The zero-order chi connectivity index (χ0) is 13.7. The van der Waals surface area contributed by atoms with Crippen molar-refractivity contribution in [3.05, 3.63) is 39.4 Å². The van der Waals surface area contributed by atoms with Crippen LogP contribution in [0.2, 0.25) is 0 Å². The van der Waals surface area contributed by atoms with E-state index in [2.05, 4.69) is 13.8 Å². The number of aryl methyl sites for hydroxylation is 1. The maximum absolute atomic E-state index is 10.8. The van der Waals surface area contributed by atoms with Gasteiger partial charge in [-0.3, -0.25) is 10.1 Å². The van der Waals surface area contributed by atoms with Gasteiger partial charge in [0.15, 0.2) is 0 Å². The Morgan fingerprint density at radius 1 is 1.39 bits per heavy atom. The molecular formula is C14H21NO3. The van der Waals surface area contributed by atoms with Crippen LogP contribution in [-0.2, 0) is 6.42 Å². The van der Waals surface area contributed by atoms with E-state index in [1.807, 2.05) is 6.07 Å². The van der Waals surface area contributed by atoms with Crippen LogP contribution in [0.15, 0.2) is 18.2 Å². The van der Waals surface area contributed by atoms with Gasteiger partial charge >= 0.3 is 0 Å². The molecule has 0 saturated heterocycles. The van der Waals surface area contributed by atoms with Crippen molar-refractivity contribution in [2.24, 2.45) is 5.92 Å². The first-order valence-electron chi connectivity index (χ1n) is 6.32. The smallest absolute Gasteiger partial charge is 0.272 e. The Bertz CT molecular complexity index is 416. The average molecular weight is 251 g/mol. The number of nitro benzene ring substituents is 1. The van der Waals surface area contributed by atoms with Gasteiger partial charge < -0.3 is 5.11 Å². The topological polar surface area (TPSA) is 63.4 Å². The van der Waals surface area contributed by atoms with Gasteiger partial charge in [-0.25, -0.2) is 0 Å². The molecule has 0 aliphatic rings. The molecule has 1 atom stereocenters. The molecule has 1 N–H and O–H groups in total. The molecule has 0 saturated carbocycles. The van der Waals surface area contributed by atoms with Crippen LogP contribution in [0.5, 0.6) is 0 Å². The summed E-state index contributed by atoms with van der Waals surface area (Å²) < 4.78 is 0. The third-order valence-corrected chi connectivity index (χ3v) is 3.10. The normalized spacial score (nSPS) is 12.7. The molecule has 0 aliphatic carbocycles. The Kier molecular flexibility index (Phi) is 5.28. The molecule has 0 heterocycles. The van der Waals surface area contributed by atoms with Crippen molar-refractivity contribution in [2.75, 3.05) is 0 Å². The molecule has 0 aromatic heterocycles. The molecule has 0 spiro atoms. The Balaban J connectivity index is 2.68. The van der Waals surface area contributed by atoms with E-state index in [1.54, 1.807) is 13.0 Å². The highest BCUT2D eigenvalue weighted by Crippen LogP contribution is 2.23. The van der Waals surface area contributed by atoms with E-state index in [4.69, 9.17) is 0 Å². The predicted molar refractivity (Wildman–Crippen MR) is 71.6 cm³/mol. The van der Waals surface area contributed by atoms with Crippen LogP contribution in [0.3, 0.4) is 0 Å². The summed E-state index contributed by atoms with van der Waals surface area (Å²) >= 11 is 0. The monoisotopic (exact) mass is 251 g/mol. The highest BCUT2D eigenvalue weighted by molar-refractivity contribution is 5.44. The molecule has 0 fully saturated rings. The molecule has 0 bridgehead atoms. The highest BCUT2D eigenvalue weighted by Gasteiger charge is 2.14. The minimum atomic E-state index is -0.358. The summed E-state index contributed by atoms with van der Waals surface area (Å²) in [4.78, 5) is 10.5. The summed E-state index contributed by atoms with van der Waals surface area (Å²) in [7, 11) is 0. The number of hydrogen-bond donors (Lipinski definition) is 1. The maximum atomic E-state index is 10.8. The Hall–Kier alpha value is -1.42. The summed E-state index contributed by atoms with van der Waals surface area (Å²) in [6.07, 6.45) is 1.78. The minimum Gasteiger partial charge on any atom is -0.393 e. The zero-order valence-electron chi connectivity index (χ0n) is 11.2. The van der Waals surface area contributed by atoms with Gasteiger partial charge in [-0.15, -0.1) is 0 Å². The van der Waals surface area contributed by atoms with E-state index in [9.17, 15) is 15.2 Å². The van der Waals surface area contributed by atoms with Gasteiger partial charge in [0, 0.05) is 11.6 Å². The van der Waals surface area contributed by atoms with Crippen molar-refractivity contribution in [3.63, 3.8) is 0 Å². The first-order valence-corrected chi connectivity index (χ1v) is 6.32. The van der Waals surface area contributed by atoms with Gasteiger partial charge in [0.1, 0.15) is 0 Å². The van der Waals surface area contributed by atoms with Crippen molar-refractivity contribution in [1.82, 2.24) is 0 Å². The molecule has 1 unspecified atom stereocenters. The third-order valence-electron chi connectivity index (χ3n) is 3.10. The fraction of sp³-hybridized carbons (Fsp3) is 0.571. The first-order chi connectivity index (χ1) is 8.41. The average Bonchev–Trinajstić information content (AvgIpc) is 2.26. The minimum absolute atomic E-state index is 0.158. The lowest BCUT2D eigenvalue weighted by atomic mass is 9.97. The quantitative estimate of drug-likeness (QED) is 0.623. The van der Waals surface area contributed by atoms with Crippen LogP contribution in [0.4, 0.5) is 5.69 Å². The molecule has 0 amide bonds. The van der Waals surface area contributed by atoms with Crippen LogP contribution >= 0.6 is 0 Å². The number of aliphatic hydroxyl groups is 1. The Morgan fingerprint density at radius 2 is 2.06 bits per heavy atom. The molecule has 1 rings (SSSR count). The van der Waals surface area contributed by atoms with Gasteiger partial charge in [-0.05, 0) is 37.7 Å². The van der Waals surface area contributed by atoms with Crippen LogP contribution in [0.25, 0.3) is 0 Å². The van der Waals surface area contributed by atoms with Crippen LogP contribution < -0.4 is 0 Å². The van der Waals surface area contributed by atoms with Crippen molar-refractivity contribution < 1.29 is 10.0 Å². The van der Waals surface area contributed by atoms with Crippen molar-refractivity contribution in [3.8, 4) is 0 Å². The highest BCUT2D eigenvalue weighted by atomic mass is 16.6. The van der Waals surface area contributed by atoms with Crippen LogP contribution in [-0.4, -0.2) is 16.1 Å². The third kappa shape index (κ3) is 4.11. The molecule has 0 radical (unpaired) electrons. The number of hydrogen-bond acceptors (Lipinski definition) is 3. The van der Waals surface area contributed by atoms with Gasteiger partial charge in [0.25, 0.3) is 5.69 Å². The first kappa shape index (κ1) is 14.6. The molecule has 0 aliphatic heterocycles. The van der Waals surface area contributed by atoms with Gasteiger partial charge in [-0.1, -0.05) is 26.0 Å². The maximum Gasteiger partial charge on any atom is 0.272 e. The molecule has 1 aromatic rings. The lowest BCUT2D eigenvalue weighted by molar-refractivity contribution is -0.385. The molecule has 4 heteroatoms. The fourth-order valence-corrected chi connectivity index (χ4v) is 2.12. The van der Waals surface area contributed by atoms with Gasteiger partial charge in [0.2, 0.25) is 0 Å². The Morgan fingerprint density at radius 3 is 2.61 bits per heavy atom. The Labute approximate surface area is 108 Å². The lowest BCUT2D eigenvalue weighted by Gasteiger charge is -2.13. The molecule has 4 nitrogen and oxygen atoms in total. The number of aliphatic hydroxyl groups excluding tert-OH is 1. The summed E-state index contributed by atoms with van der Waals surface area (Å²) in [5.74, 6) is 0.464. The molecule has 100 valence electrons. The second-order valence-electron chi connectivity index (χ2n) is 5.14. The summed E-state index contributed by atoms with van der Waals surface area (Å²) in [5.41, 5.74) is 1.82. The summed E-state index contributed by atoms with van der Waals surface area (Å²) in [6.45, 7) is 5.91. The molecule has 1 aromatic carbocycles. The lowest BCUT2D eigenvalue weighted by Crippen LogP contribution is -2.11. The van der Waals surface area contributed by atoms with E-state index in [0.717, 1.165) is 12.0 Å². The predicted octanol–water partition coefficient (Wildman–Crippen LogP) is 3.24. The molecule has 18 heavy (non-hydrogen) atoms. The van der Waals surface area contributed by atoms with E-state index in [-0.39, 0.29) is 16.7 Å². The van der Waals surface area contributed by atoms with Gasteiger partial charge in [-0.2, -0.15) is 0 Å². The fourth-order valence-electron chi connectivity index (χ4n) is 2.12. The number of rotatable bonds is 6. The van der Waals surface area contributed by atoms with E-state index >= 15 is 0 Å². The van der Waals surface area contributed by atoms with Crippen LogP contribution in [0.1, 0.15) is 37.8 Å². The molecular weight excluding hydrogens is 230 g/mol.